The van der Waals surface area contributed by atoms with E-state index >= 15 is 0 Å². The molecule has 0 spiro atoms. The van der Waals surface area contributed by atoms with Crippen LogP contribution in [0.4, 0.5) is 5.69 Å². The third-order valence-corrected chi connectivity index (χ3v) is 7.54. The SMILES string of the molecule is C=C(Nc1cnc2c(c1)nnn2CC1CC1)/C(C)=c1/[nH]c(CC)c(Br)/c1=C(/C)N1CC(O)C1. The number of allylic oxidation sites excluding steroid dienone is 1. The fourth-order valence-corrected chi connectivity index (χ4v) is 5.16. The van der Waals surface area contributed by atoms with Gasteiger partial charge in [-0.1, -0.05) is 18.7 Å². The van der Waals surface area contributed by atoms with Crippen LogP contribution < -0.4 is 15.9 Å². The van der Waals surface area contributed by atoms with Gasteiger partial charge < -0.3 is 20.3 Å². The fraction of sp³-hybridized carbons (Fsp3) is 0.458. The summed E-state index contributed by atoms with van der Waals surface area (Å²) in [7, 11) is 0. The first-order valence-corrected chi connectivity index (χ1v) is 12.3. The molecule has 0 aromatic carbocycles. The second-order valence-corrected chi connectivity index (χ2v) is 9.97. The first-order chi connectivity index (χ1) is 15.9. The van der Waals surface area contributed by atoms with Crippen LogP contribution in [0.3, 0.4) is 0 Å². The molecule has 174 valence electrons. The van der Waals surface area contributed by atoms with Crippen LogP contribution in [0.5, 0.6) is 0 Å². The lowest BCUT2D eigenvalue weighted by atomic mass is 10.1. The van der Waals surface area contributed by atoms with Crippen LogP contribution in [0.15, 0.2) is 29.0 Å². The number of hydrogen-bond donors (Lipinski definition) is 3. The molecule has 1 saturated heterocycles. The zero-order valence-electron chi connectivity index (χ0n) is 19.3. The van der Waals surface area contributed by atoms with Gasteiger partial charge in [-0.2, -0.15) is 0 Å². The Balaban J connectivity index is 1.47. The first kappa shape index (κ1) is 22.2. The number of nitrogens with one attached hydrogen (secondary N) is 2. The van der Waals surface area contributed by atoms with Crippen LogP contribution in [-0.2, 0) is 13.0 Å². The largest absolute Gasteiger partial charge is 0.389 e. The van der Waals surface area contributed by atoms with Crippen LogP contribution in [0, 0.1) is 5.92 Å². The van der Waals surface area contributed by atoms with Gasteiger partial charge in [-0.05, 0) is 66.6 Å². The van der Waals surface area contributed by atoms with Crippen molar-refractivity contribution < 1.29 is 5.11 Å². The van der Waals surface area contributed by atoms with Gasteiger partial charge in [0.2, 0.25) is 0 Å². The maximum Gasteiger partial charge on any atom is 0.178 e. The number of aliphatic hydroxyl groups excluding tert-OH is 1. The topological polar surface area (TPSA) is 94.9 Å². The van der Waals surface area contributed by atoms with E-state index in [0.717, 1.165) is 67.5 Å². The molecule has 2 aliphatic rings. The lowest BCUT2D eigenvalue weighted by Crippen LogP contribution is -2.51. The molecule has 1 aliphatic carbocycles. The molecule has 9 heteroatoms. The Labute approximate surface area is 201 Å². The smallest absolute Gasteiger partial charge is 0.178 e. The van der Waals surface area contributed by atoms with E-state index in [1.807, 2.05) is 16.9 Å². The number of aromatic amines is 1. The van der Waals surface area contributed by atoms with Crippen LogP contribution in [-0.4, -0.2) is 54.2 Å². The number of aromatic nitrogens is 5. The van der Waals surface area contributed by atoms with Crippen molar-refractivity contribution in [2.24, 2.45) is 5.92 Å². The second kappa shape index (κ2) is 8.61. The molecule has 3 aromatic heterocycles. The summed E-state index contributed by atoms with van der Waals surface area (Å²) >= 11 is 3.80. The Hall–Kier alpha value is -2.65. The van der Waals surface area contributed by atoms with Crippen molar-refractivity contribution >= 4 is 44.1 Å². The maximum absolute atomic E-state index is 9.77. The molecule has 0 amide bonds. The van der Waals surface area contributed by atoms with Crippen LogP contribution in [0.1, 0.15) is 39.3 Å². The lowest BCUT2D eigenvalue weighted by molar-refractivity contribution is 0.0387. The summed E-state index contributed by atoms with van der Waals surface area (Å²) < 4.78 is 2.98. The molecular formula is C24H30BrN7O. The van der Waals surface area contributed by atoms with E-state index in [-0.39, 0.29) is 6.10 Å². The van der Waals surface area contributed by atoms with Gasteiger partial charge in [-0.3, -0.25) is 0 Å². The number of pyridine rings is 1. The Bertz CT molecular complexity index is 1350. The number of rotatable bonds is 7. The van der Waals surface area contributed by atoms with Crippen molar-refractivity contribution in [2.75, 3.05) is 18.4 Å². The van der Waals surface area contributed by atoms with Gasteiger partial charge >= 0.3 is 0 Å². The predicted molar refractivity (Wildman–Crippen MR) is 134 cm³/mol. The molecule has 33 heavy (non-hydrogen) atoms. The van der Waals surface area contributed by atoms with Crippen LogP contribution in [0.25, 0.3) is 22.4 Å². The van der Waals surface area contributed by atoms with Crippen molar-refractivity contribution in [3.05, 3.63) is 45.3 Å². The van der Waals surface area contributed by atoms with Gasteiger partial charge in [0.05, 0.1) is 23.3 Å². The summed E-state index contributed by atoms with van der Waals surface area (Å²) in [6, 6.07) is 1.97. The number of hydrogen-bond acceptors (Lipinski definition) is 6. The molecule has 2 fully saturated rings. The quantitative estimate of drug-likeness (QED) is 0.451. The average molecular weight is 512 g/mol. The van der Waals surface area contributed by atoms with Crippen molar-refractivity contribution in [3.8, 4) is 0 Å². The highest BCUT2D eigenvalue weighted by atomic mass is 79.9. The second-order valence-electron chi connectivity index (χ2n) is 9.18. The highest BCUT2D eigenvalue weighted by Gasteiger charge is 2.26. The average Bonchev–Trinajstić information content (AvgIpc) is 3.42. The molecule has 0 radical (unpaired) electrons. The summed E-state index contributed by atoms with van der Waals surface area (Å²) in [5.74, 6) is 0.716. The highest BCUT2D eigenvalue weighted by Crippen LogP contribution is 2.31. The van der Waals surface area contributed by atoms with Crippen LogP contribution in [0.2, 0.25) is 0 Å². The van der Waals surface area contributed by atoms with Gasteiger partial charge in [-0.15, -0.1) is 5.10 Å². The minimum atomic E-state index is -0.252. The molecular weight excluding hydrogens is 482 g/mol. The Morgan fingerprint density at radius 1 is 1.33 bits per heavy atom. The molecule has 1 aliphatic heterocycles. The monoisotopic (exact) mass is 511 g/mol. The Morgan fingerprint density at radius 3 is 2.76 bits per heavy atom. The number of aryl methyl sites for hydroxylation is 1. The highest BCUT2D eigenvalue weighted by molar-refractivity contribution is 9.10. The number of fused-ring (bicyclic) bond motifs is 1. The molecule has 0 atom stereocenters. The van der Waals surface area contributed by atoms with Crippen molar-refractivity contribution in [3.63, 3.8) is 0 Å². The normalized spacial score (nSPS) is 18.4. The molecule has 8 nitrogen and oxygen atoms in total. The number of H-pyrrole nitrogens is 1. The van der Waals surface area contributed by atoms with Crippen molar-refractivity contribution in [1.29, 1.82) is 0 Å². The zero-order chi connectivity index (χ0) is 23.3. The molecule has 5 rings (SSSR count). The third kappa shape index (κ3) is 4.19. The number of halogens is 1. The minimum absolute atomic E-state index is 0.252. The van der Waals surface area contributed by atoms with Gasteiger partial charge in [0.15, 0.2) is 5.65 Å². The number of aliphatic hydroxyl groups is 1. The predicted octanol–water partition coefficient (Wildman–Crippen LogP) is 2.49. The zero-order valence-corrected chi connectivity index (χ0v) is 20.9. The Morgan fingerprint density at radius 2 is 2.09 bits per heavy atom. The fourth-order valence-electron chi connectivity index (χ4n) is 4.30. The molecule has 0 unspecified atom stereocenters. The standard InChI is InChI=1S/C24H30BrN7O/c1-5-19-22(25)21(15(4)31-11-18(33)12-31)23(28-19)13(2)14(3)27-17-8-20-24(26-9-17)32(30-29-20)10-16-6-7-16/h8-9,16,18,27-28,33H,3,5-7,10-12H2,1-2,4H3/b21-15+,23-13+. The van der Waals surface area contributed by atoms with E-state index in [1.165, 1.54) is 12.8 Å². The van der Waals surface area contributed by atoms with E-state index in [9.17, 15) is 5.11 Å². The number of anilines is 1. The van der Waals surface area contributed by atoms with Gasteiger partial charge in [0, 0.05) is 46.4 Å². The van der Waals surface area contributed by atoms with E-state index in [1.54, 1.807) is 0 Å². The number of nitrogens with zero attached hydrogens (tertiary/aromatic N) is 5. The summed E-state index contributed by atoms with van der Waals surface area (Å²) in [6.07, 6.45) is 4.98. The van der Waals surface area contributed by atoms with E-state index in [0.29, 0.717) is 19.0 Å². The summed E-state index contributed by atoms with van der Waals surface area (Å²) in [6.45, 7) is 12.8. The van der Waals surface area contributed by atoms with Crippen LogP contribution >= 0.6 is 15.9 Å². The van der Waals surface area contributed by atoms with Gasteiger partial charge in [-0.25, -0.2) is 9.67 Å². The summed E-state index contributed by atoms with van der Waals surface area (Å²) in [5.41, 5.74) is 6.52. The first-order valence-electron chi connectivity index (χ1n) is 11.5. The third-order valence-electron chi connectivity index (χ3n) is 6.67. The molecule has 3 aromatic rings. The maximum atomic E-state index is 9.77. The molecule has 1 saturated carbocycles. The van der Waals surface area contributed by atoms with Gasteiger partial charge in [0.25, 0.3) is 0 Å². The lowest BCUT2D eigenvalue weighted by Gasteiger charge is -2.38. The van der Waals surface area contributed by atoms with E-state index in [2.05, 4.69) is 73.8 Å². The molecule has 3 N–H and O–H groups in total. The number of likely N-dealkylation sites (tertiary alicyclic amines) is 1. The number of β-amino-alcohol motifs (C(OH)–C–C–N with tert-alkyl or cyclic N) is 1. The summed E-state index contributed by atoms with van der Waals surface area (Å²) in [5, 5.41) is 23.9. The summed E-state index contributed by atoms with van der Waals surface area (Å²) in [4.78, 5) is 10.4. The van der Waals surface area contributed by atoms with Crippen molar-refractivity contribution in [1.82, 2.24) is 29.9 Å². The molecule has 0 bridgehead atoms. The van der Waals surface area contributed by atoms with Crippen molar-refractivity contribution in [2.45, 2.75) is 52.7 Å². The van der Waals surface area contributed by atoms with E-state index in [4.69, 9.17) is 0 Å². The van der Waals surface area contributed by atoms with Gasteiger partial charge in [0.1, 0.15) is 5.52 Å². The molecule has 4 heterocycles. The van der Waals surface area contributed by atoms with E-state index < -0.39 is 0 Å². The minimum Gasteiger partial charge on any atom is -0.389 e. The Kier molecular flexibility index (Phi) is 5.78.